The van der Waals surface area contributed by atoms with Crippen LogP contribution in [-0.2, 0) is 14.3 Å². The smallest absolute Gasteiger partial charge is 0.410 e. The summed E-state index contributed by atoms with van der Waals surface area (Å²) in [6.07, 6.45) is 0.149. The van der Waals surface area contributed by atoms with Crippen molar-refractivity contribution < 1.29 is 23.9 Å². The fourth-order valence-corrected chi connectivity index (χ4v) is 4.61. The lowest BCUT2D eigenvalue weighted by molar-refractivity contribution is -0.136. The summed E-state index contributed by atoms with van der Waals surface area (Å²) in [7, 11) is 0. The fraction of sp³-hybridized carbons (Fsp3) is 0.500. The van der Waals surface area contributed by atoms with Gasteiger partial charge in [-0.25, -0.2) is 4.79 Å². The van der Waals surface area contributed by atoms with E-state index in [2.05, 4.69) is 16.8 Å². The Labute approximate surface area is 193 Å². The van der Waals surface area contributed by atoms with E-state index in [1.807, 2.05) is 39.8 Å². The van der Waals surface area contributed by atoms with Crippen molar-refractivity contribution in [2.24, 2.45) is 0 Å². The van der Waals surface area contributed by atoms with E-state index in [0.29, 0.717) is 37.4 Å². The van der Waals surface area contributed by atoms with Gasteiger partial charge < -0.3 is 14.5 Å². The molecule has 1 aromatic carbocycles. The standard InChI is InChI=1S/C24H30N4O5/c1-14-12-16(26-8-10-27(11-9-26)23(32)33-24(3,4)5)13-17-20(14)15(2)28(22(17)31)18-6-7-19(29)25-21(18)30/h12-13,18H,2,6-11H2,1,3-5H3,(H,25,29,30). The predicted octanol–water partition coefficient (Wildman–Crippen LogP) is 2.28. The molecule has 1 atom stereocenters. The van der Waals surface area contributed by atoms with Crippen molar-refractivity contribution in [3.63, 3.8) is 0 Å². The topological polar surface area (TPSA) is 99.3 Å². The summed E-state index contributed by atoms with van der Waals surface area (Å²) in [5.74, 6) is -1.07. The Balaban J connectivity index is 1.51. The maximum absolute atomic E-state index is 13.3. The second-order valence-electron chi connectivity index (χ2n) is 9.73. The summed E-state index contributed by atoms with van der Waals surface area (Å²) in [6.45, 7) is 13.8. The van der Waals surface area contributed by atoms with E-state index in [4.69, 9.17) is 4.74 Å². The normalized spacial score (nSPS) is 21.3. The zero-order valence-electron chi connectivity index (χ0n) is 19.6. The van der Waals surface area contributed by atoms with Crippen LogP contribution in [0.5, 0.6) is 0 Å². The molecule has 0 radical (unpaired) electrons. The second-order valence-corrected chi connectivity index (χ2v) is 9.73. The molecule has 1 aromatic rings. The number of imide groups is 1. The van der Waals surface area contributed by atoms with Crippen molar-refractivity contribution in [2.45, 2.75) is 52.2 Å². The van der Waals surface area contributed by atoms with Crippen LogP contribution < -0.4 is 10.2 Å². The number of piperidine rings is 1. The predicted molar refractivity (Wildman–Crippen MR) is 123 cm³/mol. The maximum Gasteiger partial charge on any atom is 0.410 e. The highest BCUT2D eigenvalue weighted by Crippen LogP contribution is 2.39. The van der Waals surface area contributed by atoms with Gasteiger partial charge in [-0.3, -0.25) is 24.6 Å². The SMILES string of the molecule is C=C1c2c(C)cc(N3CCN(C(=O)OC(C)(C)C)CC3)cc2C(=O)N1C1CCC(=O)NC1=O. The molecule has 0 aliphatic carbocycles. The highest BCUT2D eigenvalue weighted by molar-refractivity contribution is 6.13. The minimum atomic E-state index is -0.740. The average Bonchev–Trinajstić information content (AvgIpc) is 2.98. The van der Waals surface area contributed by atoms with Crippen molar-refractivity contribution in [3.05, 3.63) is 35.4 Å². The van der Waals surface area contributed by atoms with Gasteiger partial charge in [-0.15, -0.1) is 0 Å². The van der Waals surface area contributed by atoms with Crippen LogP contribution in [0.25, 0.3) is 5.70 Å². The molecule has 2 saturated heterocycles. The fourth-order valence-electron chi connectivity index (χ4n) is 4.61. The molecule has 0 saturated carbocycles. The van der Waals surface area contributed by atoms with Crippen LogP contribution in [0, 0.1) is 6.92 Å². The molecule has 2 fully saturated rings. The number of aryl methyl sites for hydroxylation is 1. The lowest BCUT2D eigenvalue weighted by Crippen LogP contribution is -2.52. The number of nitrogens with zero attached hydrogens (tertiary/aromatic N) is 3. The summed E-state index contributed by atoms with van der Waals surface area (Å²) >= 11 is 0. The number of fused-ring (bicyclic) bond motifs is 1. The minimum Gasteiger partial charge on any atom is -0.444 e. The molecule has 4 amide bonds. The highest BCUT2D eigenvalue weighted by Gasteiger charge is 2.42. The van der Waals surface area contributed by atoms with Gasteiger partial charge in [0.05, 0.1) is 5.56 Å². The van der Waals surface area contributed by atoms with Crippen LogP contribution >= 0.6 is 0 Å². The number of carbonyl (C=O) groups excluding carboxylic acids is 4. The lowest BCUT2D eigenvalue weighted by atomic mass is 10.0. The first kappa shape index (κ1) is 22.8. The summed E-state index contributed by atoms with van der Waals surface area (Å²) in [4.78, 5) is 54.8. The van der Waals surface area contributed by atoms with Crippen molar-refractivity contribution >= 4 is 35.2 Å². The van der Waals surface area contributed by atoms with Crippen molar-refractivity contribution in [1.82, 2.24) is 15.1 Å². The number of nitrogens with one attached hydrogen (secondary N) is 1. The molecule has 0 spiro atoms. The quantitative estimate of drug-likeness (QED) is 0.689. The van der Waals surface area contributed by atoms with Crippen LogP contribution in [0.1, 0.15) is 55.1 Å². The Morgan fingerprint density at radius 2 is 1.79 bits per heavy atom. The van der Waals surface area contributed by atoms with Gasteiger partial charge >= 0.3 is 6.09 Å². The number of hydrogen-bond acceptors (Lipinski definition) is 6. The van der Waals surface area contributed by atoms with Crippen LogP contribution in [-0.4, -0.2) is 71.4 Å². The zero-order valence-corrected chi connectivity index (χ0v) is 19.6. The van der Waals surface area contributed by atoms with Crippen LogP contribution in [0.15, 0.2) is 18.7 Å². The molecule has 4 rings (SSSR count). The van der Waals surface area contributed by atoms with Gasteiger partial charge in [-0.2, -0.15) is 0 Å². The molecule has 9 heteroatoms. The molecular formula is C24H30N4O5. The number of ether oxygens (including phenoxy) is 1. The van der Waals surface area contributed by atoms with Gasteiger partial charge in [-0.1, -0.05) is 6.58 Å². The molecule has 3 aliphatic rings. The number of benzene rings is 1. The number of piperazine rings is 1. The maximum atomic E-state index is 13.3. The van der Waals surface area contributed by atoms with E-state index < -0.39 is 17.6 Å². The van der Waals surface area contributed by atoms with Gasteiger partial charge in [-0.05, 0) is 51.8 Å². The van der Waals surface area contributed by atoms with Gasteiger partial charge in [0.2, 0.25) is 11.8 Å². The first-order valence-corrected chi connectivity index (χ1v) is 11.2. The first-order chi connectivity index (χ1) is 15.5. The van der Waals surface area contributed by atoms with Gasteiger partial charge in [0.25, 0.3) is 5.91 Å². The molecule has 0 aromatic heterocycles. The Morgan fingerprint density at radius 1 is 1.12 bits per heavy atom. The number of amides is 4. The van der Waals surface area contributed by atoms with Crippen LogP contribution in [0.3, 0.4) is 0 Å². The molecule has 1 N–H and O–H groups in total. The zero-order chi connectivity index (χ0) is 24.1. The average molecular weight is 455 g/mol. The van der Waals surface area contributed by atoms with E-state index in [9.17, 15) is 19.2 Å². The van der Waals surface area contributed by atoms with E-state index in [1.54, 1.807) is 4.90 Å². The van der Waals surface area contributed by atoms with Gasteiger partial charge in [0.1, 0.15) is 11.6 Å². The van der Waals surface area contributed by atoms with Crippen molar-refractivity contribution in [2.75, 3.05) is 31.1 Å². The monoisotopic (exact) mass is 454 g/mol. The van der Waals surface area contributed by atoms with Crippen molar-refractivity contribution in [1.29, 1.82) is 0 Å². The molecule has 176 valence electrons. The highest BCUT2D eigenvalue weighted by atomic mass is 16.6. The lowest BCUT2D eigenvalue weighted by Gasteiger charge is -2.37. The number of hydrogen-bond donors (Lipinski definition) is 1. The van der Waals surface area contributed by atoms with Crippen LogP contribution in [0.2, 0.25) is 0 Å². The largest absolute Gasteiger partial charge is 0.444 e. The third-order valence-electron chi connectivity index (χ3n) is 6.17. The van der Waals surface area contributed by atoms with Crippen molar-refractivity contribution in [3.8, 4) is 0 Å². The molecule has 9 nitrogen and oxygen atoms in total. The first-order valence-electron chi connectivity index (χ1n) is 11.2. The third kappa shape index (κ3) is 4.31. The Morgan fingerprint density at radius 3 is 2.39 bits per heavy atom. The van der Waals surface area contributed by atoms with E-state index in [1.165, 1.54) is 4.90 Å². The molecule has 3 aliphatic heterocycles. The molecule has 3 heterocycles. The number of carbonyl (C=O) groups is 4. The molecule has 1 unspecified atom stereocenters. The molecule has 0 bridgehead atoms. The Kier molecular flexibility index (Phi) is 5.67. The Hall–Kier alpha value is -3.36. The number of anilines is 1. The van der Waals surface area contributed by atoms with E-state index in [0.717, 1.165) is 16.8 Å². The second kappa shape index (κ2) is 8.20. The Bertz CT molecular complexity index is 1050. The molecule has 33 heavy (non-hydrogen) atoms. The number of rotatable bonds is 2. The van der Waals surface area contributed by atoms with Crippen LogP contribution in [0.4, 0.5) is 10.5 Å². The summed E-state index contributed by atoms with van der Waals surface area (Å²) in [5.41, 5.74) is 2.98. The van der Waals surface area contributed by atoms with E-state index >= 15 is 0 Å². The minimum absolute atomic E-state index is 0.190. The van der Waals surface area contributed by atoms with Gasteiger partial charge in [0.15, 0.2) is 0 Å². The van der Waals surface area contributed by atoms with Gasteiger partial charge in [0, 0.05) is 49.5 Å². The summed E-state index contributed by atoms with van der Waals surface area (Å²) in [6, 6.07) is 3.11. The van der Waals surface area contributed by atoms with E-state index in [-0.39, 0.29) is 30.7 Å². The molecular weight excluding hydrogens is 424 g/mol. The third-order valence-corrected chi connectivity index (χ3v) is 6.17. The summed E-state index contributed by atoms with van der Waals surface area (Å²) in [5, 5.41) is 2.32. The summed E-state index contributed by atoms with van der Waals surface area (Å²) < 4.78 is 5.46.